The van der Waals surface area contributed by atoms with E-state index in [2.05, 4.69) is 15.6 Å². The monoisotopic (exact) mass is 382 g/mol. The molecule has 0 radical (unpaired) electrons. The summed E-state index contributed by atoms with van der Waals surface area (Å²) in [4.78, 5) is 24.8. The predicted molar refractivity (Wildman–Crippen MR) is 103 cm³/mol. The molecule has 8 heteroatoms. The predicted octanol–water partition coefficient (Wildman–Crippen LogP) is 3.68. The lowest BCUT2D eigenvalue weighted by Crippen LogP contribution is -2.17. The van der Waals surface area contributed by atoms with Gasteiger partial charge in [-0.1, -0.05) is 35.0 Å². The average Bonchev–Trinajstić information content (AvgIpc) is 3.29. The number of nitrogens with zero attached hydrogens (tertiary/aromatic N) is 3. The normalized spacial score (nSPS) is 10.9. The Balaban J connectivity index is 1.80. The van der Waals surface area contributed by atoms with Crippen LogP contribution < -0.4 is 5.32 Å². The molecule has 28 heavy (non-hydrogen) atoms. The number of anilines is 1. The van der Waals surface area contributed by atoms with Crippen molar-refractivity contribution in [3.8, 4) is 11.3 Å². The molecule has 0 saturated carbocycles. The summed E-state index contributed by atoms with van der Waals surface area (Å²) in [6.07, 6.45) is 1.28. The van der Waals surface area contributed by atoms with Crippen molar-refractivity contribution < 1.29 is 18.8 Å². The summed E-state index contributed by atoms with van der Waals surface area (Å²) >= 11 is 0. The number of aryl methyl sites for hydroxylation is 2. The number of benzene rings is 1. The molecule has 8 nitrogen and oxygen atoms in total. The highest BCUT2D eigenvalue weighted by Crippen LogP contribution is 2.22. The fraction of sp³-hybridized carbons (Fsp3) is 0.300. The highest BCUT2D eigenvalue weighted by Gasteiger charge is 2.22. The van der Waals surface area contributed by atoms with Gasteiger partial charge in [-0.25, -0.2) is 4.79 Å². The Morgan fingerprint density at radius 3 is 2.61 bits per heavy atom. The molecule has 3 aromatic rings. The molecule has 1 N–H and O–H groups in total. The Morgan fingerprint density at radius 1 is 1.25 bits per heavy atom. The number of carbonyl (C=O) groups excluding carboxylic acids is 2. The first-order valence-corrected chi connectivity index (χ1v) is 9.01. The largest absolute Gasteiger partial charge is 0.458 e. The third kappa shape index (κ3) is 4.28. The Labute approximate surface area is 162 Å². The lowest BCUT2D eigenvalue weighted by Gasteiger charge is -2.07. The third-order valence-corrected chi connectivity index (χ3v) is 3.95. The molecule has 0 aliphatic heterocycles. The van der Waals surface area contributed by atoms with E-state index in [0.717, 1.165) is 11.1 Å². The molecule has 2 heterocycles. The van der Waals surface area contributed by atoms with Crippen molar-refractivity contribution >= 4 is 17.6 Å². The number of ether oxygens (including phenoxy) is 1. The molecular weight excluding hydrogens is 360 g/mol. The molecule has 1 amide bonds. The second-order valence-corrected chi connectivity index (χ2v) is 6.60. The van der Waals surface area contributed by atoms with Crippen LogP contribution in [0.4, 0.5) is 5.69 Å². The second-order valence-electron chi connectivity index (χ2n) is 6.60. The lowest BCUT2D eigenvalue weighted by atomic mass is 10.1. The number of carbonyl (C=O) groups is 2. The van der Waals surface area contributed by atoms with Crippen LogP contribution in [0.5, 0.6) is 0 Å². The minimum atomic E-state index is -0.599. The highest BCUT2D eigenvalue weighted by atomic mass is 16.5. The smallest absolute Gasteiger partial charge is 0.361 e. The van der Waals surface area contributed by atoms with E-state index in [1.807, 2.05) is 38.1 Å². The summed E-state index contributed by atoms with van der Waals surface area (Å²) in [5.41, 5.74) is 2.35. The number of hydrogen-bond acceptors (Lipinski definition) is 6. The van der Waals surface area contributed by atoms with Crippen LogP contribution in [0.2, 0.25) is 0 Å². The minimum absolute atomic E-state index is 0.0474. The van der Waals surface area contributed by atoms with E-state index in [-0.39, 0.29) is 23.2 Å². The van der Waals surface area contributed by atoms with E-state index >= 15 is 0 Å². The molecule has 0 aliphatic rings. The van der Waals surface area contributed by atoms with Crippen molar-refractivity contribution in [3.63, 3.8) is 0 Å². The van der Waals surface area contributed by atoms with E-state index in [4.69, 9.17) is 9.26 Å². The molecule has 0 spiro atoms. The molecular formula is C20H22N4O4. The van der Waals surface area contributed by atoms with Gasteiger partial charge in [-0.2, -0.15) is 5.10 Å². The zero-order chi connectivity index (χ0) is 20.3. The van der Waals surface area contributed by atoms with Gasteiger partial charge < -0.3 is 14.6 Å². The quantitative estimate of drug-likeness (QED) is 0.653. The molecule has 0 unspecified atom stereocenters. The summed E-state index contributed by atoms with van der Waals surface area (Å²) in [7, 11) is 0. The third-order valence-electron chi connectivity index (χ3n) is 3.95. The zero-order valence-electron chi connectivity index (χ0n) is 16.2. The first-order chi connectivity index (χ1) is 13.4. The highest BCUT2D eigenvalue weighted by molar-refractivity contribution is 6.06. The van der Waals surface area contributed by atoms with Crippen LogP contribution in [0.1, 0.15) is 47.3 Å². The van der Waals surface area contributed by atoms with Gasteiger partial charge in [0.2, 0.25) is 0 Å². The van der Waals surface area contributed by atoms with Gasteiger partial charge in [0, 0.05) is 24.4 Å². The number of amides is 1. The Kier molecular flexibility index (Phi) is 5.58. The molecule has 0 saturated heterocycles. The summed E-state index contributed by atoms with van der Waals surface area (Å²) in [6.45, 7) is 7.90. The average molecular weight is 382 g/mol. The van der Waals surface area contributed by atoms with Crippen LogP contribution in [0, 0.1) is 6.92 Å². The Morgan fingerprint density at radius 2 is 1.96 bits per heavy atom. The topological polar surface area (TPSA) is 99.2 Å². The maximum atomic E-state index is 12.6. The standard InChI is InChI=1S/C20H22N4O4/c1-5-24-11-16(18(22-24)20(26)27-12(2)3)21-19(25)15-10-17(28-23-15)14-8-6-13(4)7-9-14/h6-12H,5H2,1-4H3,(H,21,25). The van der Waals surface area contributed by atoms with Crippen molar-refractivity contribution in [1.82, 2.24) is 14.9 Å². The molecule has 0 atom stereocenters. The fourth-order valence-electron chi connectivity index (χ4n) is 2.52. The van der Waals surface area contributed by atoms with E-state index < -0.39 is 11.9 Å². The Hall–Kier alpha value is -3.42. The van der Waals surface area contributed by atoms with Crippen molar-refractivity contribution in [3.05, 3.63) is 53.5 Å². The van der Waals surface area contributed by atoms with Crippen LogP contribution in [0.3, 0.4) is 0 Å². The van der Waals surface area contributed by atoms with E-state index in [9.17, 15) is 9.59 Å². The number of nitrogens with one attached hydrogen (secondary N) is 1. The van der Waals surface area contributed by atoms with Crippen LogP contribution in [0.25, 0.3) is 11.3 Å². The number of hydrogen-bond donors (Lipinski definition) is 1. The molecule has 0 bridgehead atoms. The van der Waals surface area contributed by atoms with Gasteiger partial charge in [-0.05, 0) is 27.7 Å². The van der Waals surface area contributed by atoms with Gasteiger partial charge in [0.05, 0.1) is 11.8 Å². The van der Waals surface area contributed by atoms with Crippen LogP contribution in [-0.2, 0) is 11.3 Å². The second kappa shape index (κ2) is 8.08. The molecule has 2 aromatic heterocycles. The number of rotatable bonds is 6. The molecule has 0 aliphatic carbocycles. The summed E-state index contributed by atoms with van der Waals surface area (Å²) < 4.78 is 12.0. The molecule has 1 aromatic carbocycles. The lowest BCUT2D eigenvalue weighted by molar-refractivity contribution is 0.0371. The molecule has 0 fully saturated rings. The van der Waals surface area contributed by atoms with Gasteiger partial charge in [-0.3, -0.25) is 9.48 Å². The summed E-state index contributed by atoms with van der Waals surface area (Å²) in [6, 6.07) is 9.23. The van der Waals surface area contributed by atoms with Gasteiger partial charge in [0.15, 0.2) is 17.1 Å². The van der Waals surface area contributed by atoms with Gasteiger partial charge in [0.1, 0.15) is 0 Å². The van der Waals surface area contributed by atoms with E-state index in [1.165, 1.54) is 0 Å². The summed E-state index contributed by atoms with van der Waals surface area (Å²) in [5, 5.41) is 10.7. The molecule has 146 valence electrons. The van der Waals surface area contributed by atoms with Crippen LogP contribution >= 0.6 is 0 Å². The first-order valence-electron chi connectivity index (χ1n) is 9.01. The van der Waals surface area contributed by atoms with Crippen molar-refractivity contribution in [2.75, 3.05) is 5.32 Å². The minimum Gasteiger partial charge on any atom is -0.458 e. The van der Waals surface area contributed by atoms with E-state index in [0.29, 0.717) is 12.3 Å². The zero-order valence-corrected chi connectivity index (χ0v) is 16.2. The van der Waals surface area contributed by atoms with E-state index in [1.54, 1.807) is 30.8 Å². The van der Waals surface area contributed by atoms with Crippen LogP contribution in [-0.4, -0.2) is 32.9 Å². The Bertz CT molecular complexity index is 986. The van der Waals surface area contributed by atoms with Gasteiger partial charge >= 0.3 is 5.97 Å². The van der Waals surface area contributed by atoms with Gasteiger partial charge in [-0.15, -0.1) is 0 Å². The van der Waals surface area contributed by atoms with Crippen molar-refractivity contribution in [1.29, 1.82) is 0 Å². The first kappa shape index (κ1) is 19.3. The van der Waals surface area contributed by atoms with Gasteiger partial charge in [0.25, 0.3) is 5.91 Å². The maximum absolute atomic E-state index is 12.6. The fourth-order valence-corrected chi connectivity index (χ4v) is 2.52. The summed E-state index contributed by atoms with van der Waals surface area (Å²) in [5.74, 6) is -0.622. The van der Waals surface area contributed by atoms with Crippen LogP contribution in [0.15, 0.2) is 41.1 Å². The number of aromatic nitrogens is 3. The maximum Gasteiger partial charge on any atom is 0.361 e. The van der Waals surface area contributed by atoms with Crippen molar-refractivity contribution in [2.45, 2.75) is 40.3 Å². The van der Waals surface area contributed by atoms with Crippen molar-refractivity contribution in [2.24, 2.45) is 0 Å². The number of esters is 1. The molecule has 3 rings (SSSR count). The SMILES string of the molecule is CCn1cc(NC(=O)c2cc(-c3ccc(C)cc3)on2)c(C(=O)OC(C)C)n1.